The quantitative estimate of drug-likeness (QED) is 0.0902. The summed E-state index contributed by atoms with van der Waals surface area (Å²) in [6.45, 7) is 1.99. The Morgan fingerprint density at radius 2 is 1.67 bits per heavy atom. The van der Waals surface area contributed by atoms with E-state index in [0.29, 0.717) is 4.31 Å². The summed E-state index contributed by atoms with van der Waals surface area (Å²) >= 11 is 6.39. The number of nitro groups is 1. The topological polar surface area (TPSA) is 239 Å². The number of carbonyl (C=O) groups is 4. The molecule has 0 saturated carbocycles. The third-order valence-corrected chi connectivity index (χ3v) is 8.34. The van der Waals surface area contributed by atoms with Crippen molar-refractivity contribution in [2.45, 2.75) is 50.2 Å². The van der Waals surface area contributed by atoms with Crippen LogP contribution in [0.2, 0.25) is 5.15 Å². The maximum Gasteiger partial charge on any atom is 0.326 e. The minimum Gasteiger partial charge on any atom is -0.468 e. The molecule has 0 unspecified atom stereocenters. The molecule has 19 nitrogen and oxygen atoms in total. The third-order valence-electron chi connectivity index (χ3n) is 6.34. The van der Waals surface area contributed by atoms with E-state index in [1.165, 1.54) is 4.57 Å². The normalized spacial score (nSPS) is 19.3. The molecule has 0 amide bonds. The number of anilines is 1. The Morgan fingerprint density at radius 3 is 2.24 bits per heavy atom. The van der Waals surface area contributed by atoms with Crippen LogP contribution in [-0.4, -0.2) is 95.3 Å². The number of nitrogens with zero attached hydrogens (tertiary/aromatic N) is 6. The fourth-order valence-corrected chi connectivity index (χ4v) is 5.91. The van der Waals surface area contributed by atoms with Crippen LogP contribution < -0.4 is 4.31 Å². The van der Waals surface area contributed by atoms with E-state index in [1.807, 2.05) is 0 Å². The van der Waals surface area contributed by atoms with Crippen molar-refractivity contribution in [1.82, 2.24) is 19.5 Å². The van der Waals surface area contributed by atoms with Crippen molar-refractivity contribution in [3.05, 3.63) is 45.9 Å². The van der Waals surface area contributed by atoms with Gasteiger partial charge in [-0.1, -0.05) is 11.6 Å². The molecule has 1 saturated heterocycles. The first-order valence-electron chi connectivity index (χ1n) is 13.0. The first-order chi connectivity index (χ1) is 21.6. The number of fused-ring (bicyclic) bond motifs is 1. The smallest absolute Gasteiger partial charge is 0.326 e. The fraction of sp³-hybridized carbons (Fsp3) is 0.400. The molecule has 2 aromatic heterocycles. The lowest BCUT2D eigenvalue weighted by atomic mass is 10.1. The number of nitro benzene ring substituents is 1. The summed E-state index contributed by atoms with van der Waals surface area (Å²) < 4.78 is 55.6. The number of hydrogen-bond donors (Lipinski definition) is 0. The van der Waals surface area contributed by atoms with Crippen molar-refractivity contribution < 1.29 is 56.2 Å². The van der Waals surface area contributed by atoms with E-state index in [4.69, 9.17) is 30.5 Å². The number of ether oxygens (including phenoxy) is 5. The molecule has 0 aliphatic carbocycles. The number of esters is 4. The Bertz CT molecular complexity index is 1800. The lowest BCUT2D eigenvalue weighted by Crippen LogP contribution is -2.40. The van der Waals surface area contributed by atoms with E-state index in [2.05, 4.69) is 19.7 Å². The summed E-state index contributed by atoms with van der Waals surface area (Å²) in [5.74, 6) is -3.89. The molecular formula is C25H25ClN6O13S. The van der Waals surface area contributed by atoms with E-state index in [1.54, 1.807) is 0 Å². The summed E-state index contributed by atoms with van der Waals surface area (Å²) in [6, 6.07) is 3.81. The lowest BCUT2D eigenvalue weighted by Gasteiger charge is -2.24. The minimum atomic E-state index is -4.69. The predicted molar refractivity (Wildman–Crippen MR) is 152 cm³/mol. The number of hydrogen-bond acceptors (Lipinski definition) is 16. The summed E-state index contributed by atoms with van der Waals surface area (Å²) in [5.41, 5.74) is -0.643. The van der Waals surface area contributed by atoms with Gasteiger partial charge in [-0.15, -0.1) is 0 Å². The number of carbonyl (C=O) groups excluding carboxylic acids is 4. The Kier molecular flexibility index (Phi) is 10.0. The van der Waals surface area contributed by atoms with Crippen molar-refractivity contribution in [2.75, 3.05) is 24.6 Å². The number of aromatic nitrogens is 4. The van der Waals surface area contributed by atoms with Gasteiger partial charge in [0.25, 0.3) is 15.7 Å². The van der Waals surface area contributed by atoms with Crippen molar-refractivity contribution in [3.63, 3.8) is 0 Å². The van der Waals surface area contributed by atoms with Gasteiger partial charge in [-0.2, -0.15) is 9.97 Å². The largest absolute Gasteiger partial charge is 0.468 e. The predicted octanol–water partition coefficient (Wildman–Crippen LogP) is 1.08. The zero-order chi connectivity index (χ0) is 33.9. The maximum absolute atomic E-state index is 13.7. The zero-order valence-corrected chi connectivity index (χ0v) is 26.0. The molecule has 1 aromatic carbocycles. The lowest BCUT2D eigenvalue weighted by molar-refractivity contribution is -0.384. The standard InChI is InChI=1S/C25H25ClN6O13S/c1-12(33)42-10-17-20(43-13(2)34)21(44-14(3)35)24(45-17)30-11-27-19-22(26)28-25(29-23(19)30)31(9-18(36)41-4)46(39,40)16-7-5-15(6-8-16)32(37)38/h5-8,11,17,20-21,24H,9-10H2,1-4H3/t17-,20-,21-,24-/m1/s1. The average Bonchev–Trinajstić information content (AvgIpc) is 3.55. The summed E-state index contributed by atoms with van der Waals surface area (Å²) in [5, 5.41) is 10.7. The van der Waals surface area contributed by atoms with Gasteiger partial charge in [0.05, 0.1) is 23.3 Å². The van der Waals surface area contributed by atoms with Crippen LogP contribution in [0.5, 0.6) is 0 Å². The summed E-state index contributed by atoms with van der Waals surface area (Å²) in [4.78, 5) is 70.2. The van der Waals surface area contributed by atoms with E-state index < -0.39 is 87.4 Å². The molecule has 0 spiro atoms. The fourth-order valence-electron chi connectivity index (χ4n) is 4.40. The molecule has 4 atom stereocenters. The molecule has 3 heterocycles. The van der Waals surface area contributed by atoms with E-state index >= 15 is 0 Å². The molecule has 0 bridgehead atoms. The second-order valence-corrected chi connectivity index (χ2v) is 11.7. The van der Waals surface area contributed by atoms with Gasteiger partial charge in [0, 0.05) is 32.9 Å². The first-order valence-corrected chi connectivity index (χ1v) is 14.8. The van der Waals surface area contributed by atoms with Gasteiger partial charge in [0.15, 0.2) is 29.2 Å². The second kappa shape index (κ2) is 13.6. The Labute approximate surface area is 264 Å². The van der Waals surface area contributed by atoms with Gasteiger partial charge in [-0.25, -0.2) is 17.7 Å². The van der Waals surface area contributed by atoms with E-state index in [9.17, 15) is 37.7 Å². The average molecular weight is 685 g/mol. The second-order valence-electron chi connectivity index (χ2n) is 9.49. The van der Waals surface area contributed by atoms with Gasteiger partial charge >= 0.3 is 23.9 Å². The first kappa shape index (κ1) is 33.9. The molecule has 1 fully saturated rings. The van der Waals surface area contributed by atoms with Crippen molar-refractivity contribution in [2.24, 2.45) is 0 Å². The summed E-state index contributed by atoms with van der Waals surface area (Å²) in [7, 11) is -3.67. The molecule has 1 aliphatic rings. The van der Waals surface area contributed by atoms with Crippen molar-refractivity contribution in [3.8, 4) is 0 Å². The zero-order valence-electron chi connectivity index (χ0n) is 24.4. The highest BCUT2D eigenvalue weighted by atomic mass is 35.5. The molecule has 246 valence electrons. The number of sulfonamides is 1. The van der Waals surface area contributed by atoms with Gasteiger partial charge in [-0.3, -0.25) is 33.9 Å². The van der Waals surface area contributed by atoms with Crippen LogP contribution in [-0.2, 0) is 52.9 Å². The monoisotopic (exact) mass is 684 g/mol. The highest BCUT2D eigenvalue weighted by Crippen LogP contribution is 2.37. The number of methoxy groups -OCH3 is 1. The van der Waals surface area contributed by atoms with Crippen LogP contribution >= 0.6 is 11.6 Å². The maximum atomic E-state index is 13.7. The van der Waals surface area contributed by atoms with Crippen LogP contribution in [0.15, 0.2) is 35.5 Å². The van der Waals surface area contributed by atoms with Crippen LogP contribution in [0.4, 0.5) is 11.6 Å². The number of imidazole rings is 1. The van der Waals surface area contributed by atoms with Crippen LogP contribution in [0.25, 0.3) is 11.2 Å². The molecule has 0 N–H and O–H groups in total. The highest BCUT2D eigenvalue weighted by Gasteiger charge is 2.51. The number of halogens is 1. The van der Waals surface area contributed by atoms with E-state index in [0.717, 1.165) is 58.5 Å². The van der Waals surface area contributed by atoms with Gasteiger partial charge < -0.3 is 23.7 Å². The number of benzene rings is 1. The van der Waals surface area contributed by atoms with E-state index in [-0.39, 0.29) is 22.0 Å². The Hall–Kier alpha value is -4.95. The number of non-ortho nitro benzene ring substituents is 1. The molecule has 1 aliphatic heterocycles. The molecule has 0 radical (unpaired) electrons. The van der Waals surface area contributed by atoms with Crippen LogP contribution in [0, 0.1) is 10.1 Å². The molecule has 4 rings (SSSR count). The third kappa shape index (κ3) is 7.13. The minimum absolute atomic E-state index is 0.0752. The summed E-state index contributed by atoms with van der Waals surface area (Å²) in [6.07, 6.45) is -3.97. The molecule has 46 heavy (non-hydrogen) atoms. The SMILES string of the molecule is COC(=O)CN(c1nc(Cl)c2ncn([C@@H]3O[C@H](COC(C)=O)[C@@H](OC(C)=O)[C@H]3OC(C)=O)c2n1)S(=O)(=O)c1ccc([N+](=O)[O-])cc1. The Balaban J connectivity index is 1.85. The molecular weight excluding hydrogens is 660 g/mol. The van der Waals surface area contributed by atoms with Crippen molar-refractivity contribution >= 4 is 68.3 Å². The number of rotatable bonds is 11. The molecule has 21 heteroatoms. The van der Waals surface area contributed by atoms with Gasteiger partial charge in [0.1, 0.15) is 24.8 Å². The van der Waals surface area contributed by atoms with Gasteiger partial charge in [0.2, 0.25) is 5.95 Å². The van der Waals surface area contributed by atoms with Crippen molar-refractivity contribution in [1.29, 1.82) is 0 Å². The van der Waals surface area contributed by atoms with Gasteiger partial charge in [-0.05, 0) is 12.1 Å². The molecule has 3 aromatic rings. The Morgan fingerprint density at radius 1 is 1.04 bits per heavy atom. The van der Waals surface area contributed by atoms with Crippen LogP contribution in [0.1, 0.15) is 27.0 Å². The highest BCUT2D eigenvalue weighted by molar-refractivity contribution is 7.92. The van der Waals surface area contributed by atoms with Crippen LogP contribution in [0.3, 0.4) is 0 Å².